The molecular weight excluding hydrogens is 134 g/mol. The summed E-state index contributed by atoms with van der Waals surface area (Å²) in [7, 11) is 2.23. The van der Waals surface area contributed by atoms with Gasteiger partial charge in [-0.15, -0.1) is 0 Å². The van der Waals surface area contributed by atoms with Crippen molar-refractivity contribution in [2.24, 2.45) is 11.8 Å². The number of nitrogens with zero attached hydrogens (tertiary/aromatic N) is 1. The van der Waals surface area contributed by atoms with Gasteiger partial charge in [0.2, 0.25) is 0 Å². The molecule has 0 bridgehead atoms. The van der Waals surface area contributed by atoms with Gasteiger partial charge in [-0.3, -0.25) is 0 Å². The molecule has 0 aromatic rings. The Kier molecular flexibility index (Phi) is 3.38. The number of hydrogen-bond donors (Lipinski definition) is 0. The second-order valence-electron chi connectivity index (χ2n) is 4.17. The Labute approximate surface area is 70.8 Å². The maximum absolute atomic E-state index is 2.45. The van der Waals surface area contributed by atoms with E-state index in [4.69, 9.17) is 0 Å². The van der Waals surface area contributed by atoms with Crippen LogP contribution in [0.3, 0.4) is 0 Å². The molecule has 0 N–H and O–H groups in total. The predicted molar refractivity (Wildman–Crippen MR) is 49.7 cm³/mol. The molecule has 0 aromatic heterocycles. The van der Waals surface area contributed by atoms with Crippen molar-refractivity contribution in [3.8, 4) is 0 Å². The predicted octanol–water partition coefficient (Wildman–Crippen LogP) is 2.37. The van der Waals surface area contributed by atoms with E-state index in [2.05, 4.69) is 25.8 Å². The molecule has 1 rings (SSSR count). The fourth-order valence-corrected chi connectivity index (χ4v) is 1.95. The highest BCUT2D eigenvalue weighted by molar-refractivity contribution is 4.74. The van der Waals surface area contributed by atoms with Crippen LogP contribution in [0.2, 0.25) is 0 Å². The molecule has 0 spiro atoms. The van der Waals surface area contributed by atoms with Gasteiger partial charge in [0.25, 0.3) is 0 Å². The first-order chi connectivity index (χ1) is 5.22. The monoisotopic (exact) mass is 155 g/mol. The molecular formula is C10H21N. The molecule has 66 valence electrons. The Bertz CT molecular complexity index is 111. The van der Waals surface area contributed by atoms with E-state index in [0.717, 1.165) is 11.8 Å². The Morgan fingerprint density at radius 1 is 1.55 bits per heavy atom. The molecule has 1 saturated heterocycles. The Morgan fingerprint density at radius 2 is 2.27 bits per heavy atom. The van der Waals surface area contributed by atoms with Crippen LogP contribution in [-0.2, 0) is 0 Å². The van der Waals surface area contributed by atoms with Gasteiger partial charge < -0.3 is 4.90 Å². The molecule has 0 aliphatic carbocycles. The molecule has 1 aliphatic rings. The summed E-state index contributed by atoms with van der Waals surface area (Å²) in [5.74, 6) is 1.93. The van der Waals surface area contributed by atoms with Crippen molar-refractivity contribution in [2.45, 2.75) is 33.1 Å². The zero-order valence-corrected chi connectivity index (χ0v) is 8.14. The van der Waals surface area contributed by atoms with Crippen LogP contribution in [0.5, 0.6) is 0 Å². The highest BCUT2D eigenvalue weighted by Crippen LogP contribution is 2.23. The minimum atomic E-state index is 0.937. The van der Waals surface area contributed by atoms with E-state index in [1.165, 1.54) is 32.4 Å². The number of likely N-dealkylation sites (tertiary alicyclic amines) is 1. The minimum absolute atomic E-state index is 0.937. The van der Waals surface area contributed by atoms with E-state index >= 15 is 0 Å². The maximum Gasteiger partial charge on any atom is 0.000718 e. The highest BCUT2D eigenvalue weighted by Gasteiger charge is 2.20. The zero-order valence-electron chi connectivity index (χ0n) is 8.14. The third kappa shape index (κ3) is 2.82. The summed E-state index contributed by atoms with van der Waals surface area (Å²) in [6.45, 7) is 7.33. The summed E-state index contributed by atoms with van der Waals surface area (Å²) in [4.78, 5) is 2.45. The zero-order chi connectivity index (χ0) is 8.27. The summed E-state index contributed by atoms with van der Waals surface area (Å²) in [6.07, 6.45) is 4.22. The van der Waals surface area contributed by atoms with Crippen molar-refractivity contribution in [1.82, 2.24) is 4.90 Å². The molecule has 0 saturated carbocycles. The van der Waals surface area contributed by atoms with Crippen LogP contribution in [0.25, 0.3) is 0 Å². The van der Waals surface area contributed by atoms with Crippen LogP contribution in [0.15, 0.2) is 0 Å². The molecule has 1 fully saturated rings. The van der Waals surface area contributed by atoms with Gasteiger partial charge in [0, 0.05) is 6.54 Å². The SMILES string of the molecule is CCC(C)CC1CCN(C)C1. The van der Waals surface area contributed by atoms with Crippen LogP contribution in [0.4, 0.5) is 0 Å². The van der Waals surface area contributed by atoms with Gasteiger partial charge in [0.1, 0.15) is 0 Å². The fourth-order valence-electron chi connectivity index (χ4n) is 1.95. The molecule has 1 heterocycles. The van der Waals surface area contributed by atoms with Gasteiger partial charge in [0.15, 0.2) is 0 Å². The van der Waals surface area contributed by atoms with E-state index in [9.17, 15) is 0 Å². The quantitative estimate of drug-likeness (QED) is 0.605. The van der Waals surface area contributed by atoms with Crippen molar-refractivity contribution in [1.29, 1.82) is 0 Å². The third-order valence-corrected chi connectivity index (χ3v) is 2.92. The van der Waals surface area contributed by atoms with Crippen molar-refractivity contribution < 1.29 is 0 Å². The van der Waals surface area contributed by atoms with E-state index in [1.807, 2.05) is 0 Å². The standard InChI is InChI=1S/C10H21N/c1-4-9(2)7-10-5-6-11(3)8-10/h9-10H,4-8H2,1-3H3. The smallest absolute Gasteiger partial charge is 0.000718 e. The molecule has 11 heavy (non-hydrogen) atoms. The van der Waals surface area contributed by atoms with Gasteiger partial charge in [-0.1, -0.05) is 20.3 Å². The maximum atomic E-state index is 2.45. The lowest BCUT2D eigenvalue weighted by Crippen LogP contribution is -2.15. The van der Waals surface area contributed by atoms with E-state index in [0.29, 0.717) is 0 Å². The van der Waals surface area contributed by atoms with Crippen molar-refractivity contribution in [2.75, 3.05) is 20.1 Å². The van der Waals surface area contributed by atoms with Crippen LogP contribution >= 0.6 is 0 Å². The highest BCUT2D eigenvalue weighted by atomic mass is 15.1. The van der Waals surface area contributed by atoms with Crippen LogP contribution < -0.4 is 0 Å². The molecule has 0 amide bonds. The van der Waals surface area contributed by atoms with Gasteiger partial charge in [-0.05, 0) is 38.3 Å². The summed E-state index contributed by atoms with van der Waals surface area (Å²) < 4.78 is 0. The Morgan fingerprint density at radius 3 is 2.73 bits per heavy atom. The first-order valence-electron chi connectivity index (χ1n) is 4.91. The summed E-state index contributed by atoms with van der Waals surface area (Å²) >= 11 is 0. The Balaban J connectivity index is 2.17. The van der Waals surface area contributed by atoms with Gasteiger partial charge >= 0.3 is 0 Å². The van der Waals surface area contributed by atoms with Crippen LogP contribution in [-0.4, -0.2) is 25.0 Å². The van der Waals surface area contributed by atoms with Gasteiger partial charge in [-0.2, -0.15) is 0 Å². The first-order valence-corrected chi connectivity index (χ1v) is 4.91. The molecule has 1 heteroatoms. The van der Waals surface area contributed by atoms with Crippen molar-refractivity contribution in [3.63, 3.8) is 0 Å². The minimum Gasteiger partial charge on any atom is -0.306 e. The topological polar surface area (TPSA) is 3.24 Å². The van der Waals surface area contributed by atoms with E-state index in [1.54, 1.807) is 0 Å². The lowest BCUT2D eigenvalue weighted by atomic mass is 9.93. The lowest BCUT2D eigenvalue weighted by molar-refractivity contribution is 0.355. The van der Waals surface area contributed by atoms with Crippen molar-refractivity contribution in [3.05, 3.63) is 0 Å². The molecule has 2 atom stereocenters. The third-order valence-electron chi connectivity index (χ3n) is 2.92. The molecule has 0 aromatic carbocycles. The normalized spacial score (nSPS) is 29.2. The van der Waals surface area contributed by atoms with Gasteiger partial charge in [0.05, 0.1) is 0 Å². The molecule has 1 aliphatic heterocycles. The summed E-state index contributed by atoms with van der Waals surface area (Å²) in [5, 5.41) is 0. The number of hydrogen-bond acceptors (Lipinski definition) is 1. The van der Waals surface area contributed by atoms with Crippen LogP contribution in [0, 0.1) is 11.8 Å². The summed E-state index contributed by atoms with van der Waals surface area (Å²) in [6, 6.07) is 0. The first kappa shape index (κ1) is 9.05. The second kappa shape index (κ2) is 4.10. The average molecular weight is 155 g/mol. The number of rotatable bonds is 3. The van der Waals surface area contributed by atoms with Crippen LogP contribution in [0.1, 0.15) is 33.1 Å². The second-order valence-corrected chi connectivity index (χ2v) is 4.17. The largest absolute Gasteiger partial charge is 0.306 e. The lowest BCUT2D eigenvalue weighted by Gasteiger charge is -2.14. The average Bonchev–Trinajstić information content (AvgIpc) is 2.35. The molecule has 1 nitrogen and oxygen atoms in total. The fraction of sp³-hybridized carbons (Fsp3) is 1.00. The Hall–Kier alpha value is -0.0400. The summed E-state index contributed by atoms with van der Waals surface area (Å²) in [5.41, 5.74) is 0. The van der Waals surface area contributed by atoms with E-state index in [-0.39, 0.29) is 0 Å². The molecule has 0 radical (unpaired) electrons. The van der Waals surface area contributed by atoms with Crippen molar-refractivity contribution >= 4 is 0 Å². The van der Waals surface area contributed by atoms with E-state index < -0.39 is 0 Å². The van der Waals surface area contributed by atoms with Gasteiger partial charge in [-0.25, -0.2) is 0 Å². The molecule has 2 unspecified atom stereocenters.